The zero-order valence-electron chi connectivity index (χ0n) is 19.4. The van der Waals surface area contributed by atoms with Gasteiger partial charge in [-0.2, -0.15) is 0 Å². The lowest BCUT2D eigenvalue weighted by Crippen LogP contribution is -2.65. The molecule has 0 spiro atoms. The lowest BCUT2D eigenvalue weighted by atomic mass is 9.83. The van der Waals surface area contributed by atoms with Crippen LogP contribution in [-0.4, -0.2) is 39.6 Å². The first-order valence-corrected chi connectivity index (χ1v) is 11.2. The van der Waals surface area contributed by atoms with Gasteiger partial charge in [0.1, 0.15) is 5.82 Å². The van der Waals surface area contributed by atoms with Crippen molar-refractivity contribution in [3.05, 3.63) is 76.1 Å². The van der Waals surface area contributed by atoms with Crippen LogP contribution in [0.25, 0.3) is 6.08 Å². The second-order valence-corrected chi connectivity index (χ2v) is 10.0. The molecule has 2 aromatic rings. The van der Waals surface area contributed by atoms with Gasteiger partial charge >= 0.3 is 0 Å². The quantitative estimate of drug-likeness (QED) is 0.378. The number of carbonyl (C=O) groups excluding carboxylic acids is 3. The van der Waals surface area contributed by atoms with Crippen molar-refractivity contribution < 1.29 is 18.8 Å². The van der Waals surface area contributed by atoms with Crippen molar-refractivity contribution in [2.45, 2.75) is 58.2 Å². The van der Waals surface area contributed by atoms with Crippen LogP contribution in [0.2, 0.25) is 5.02 Å². The summed E-state index contributed by atoms with van der Waals surface area (Å²) in [5, 5.41) is 3.36. The van der Waals surface area contributed by atoms with E-state index in [0.717, 1.165) is 0 Å². The molecule has 1 N–H and O–H groups in total. The molecule has 1 aliphatic rings. The summed E-state index contributed by atoms with van der Waals surface area (Å²) in [7, 11) is 0. The van der Waals surface area contributed by atoms with Crippen molar-refractivity contribution in [1.29, 1.82) is 0 Å². The summed E-state index contributed by atoms with van der Waals surface area (Å²) < 4.78 is 13.4. The van der Waals surface area contributed by atoms with Crippen molar-refractivity contribution in [2.24, 2.45) is 0 Å². The van der Waals surface area contributed by atoms with Gasteiger partial charge in [-0.15, -0.1) is 0 Å². The molecular weight excluding hydrogens is 443 g/mol. The van der Waals surface area contributed by atoms with Crippen molar-refractivity contribution >= 4 is 35.3 Å². The van der Waals surface area contributed by atoms with Crippen molar-refractivity contribution in [1.82, 2.24) is 10.2 Å². The maximum atomic E-state index is 13.9. The van der Waals surface area contributed by atoms with Crippen LogP contribution in [0, 0.1) is 5.82 Å². The third kappa shape index (κ3) is 5.01. The minimum atomic E-state index is -1.77. The molecule has 1 heterocycles. The lowest BCUT2D eigenvalue weighted by molar-refractivity contribution is -0.140. The van der Waals surface area contributed by atoms with Gasteiger partial charge in [0.05, 0.1) is 0 Å². The molecule has 7 heteroatoms. The van der Waals surface area contributed by atoms with E-state index in [1.165, 1.54) is 17.0 Å². The Labute approximate surface area is 198 Å². The summed E-state index contributed by atoms with van der Waals surface area (Å²) in [5.74, 6) is -1.82. The fourth-order valence-corrected chi connectivity index (χ4v) is 4.21. The van der Waals surface area contributed by atoms with Gasteiger partial charge in [0.2, 0.25) is 0 Å². The molecule has 2 aromatic carbocycles. The normalized spacial score (nSPS) is 19.9. The molecule has 5 nitrogen and oxygen atoms in total. The summed E-state index contributed by atoms with van der Waals surface area (Å²) in [5.41, 5.74) is -1.20. The van der Waals surface area contributed by atoms with E-state index in [9.17, 15) is 18.8 Å². The maximum Gasteiger partial charge on any atom is 0.254 e. The number of nitrogens with zero attached hydrogens (tertiary/aromatic N) is 1. The number of rotatable bonds is 5. The van der Waals surface area contributed by atoms with E-state index >= 15 is 0 Å². The summed E-state index contributed by atoms with van der Waals surface area (Å²) in [6.07, 6.45) is 1.50. The molecule has 174 valence electrons. The van der Waals surface area contributed by atoms with Crippen LogP contribution in [0.3, 0.4) is 0 Å². The number of likely N-dealkylation sites (tertiary alicyclic amines) is 1. The first-order valence-electron chi connectivity index (χ1n) is 10.8. The largest absolute Gasteiger partial charge is 0.349 e. The van der Waals surface area contributed by atoms with Gasteiger partial charge in [-0.05, 0) is 82.7 Å². The van der Waals surface area contributed by atoms with Gasteiger partial charge in [0.25, 0.3) is 11.8 Å². The second-order valence-electron chi connectivity index (χ2n) is 9.57. The molecule has 3 rings (SSSR count). The zero-order valence-corrected chi connectivity index (χ0v) is 20.2. The Balaban J connectivity index is 2.19. The molecule has 0 bridgehead atoms. The van der Waals surface area contributed by atoms with E-state index in [1.54, 1.807) is 56.3 Å². The molecule has 0 aliphatic carbocycles. The molecule has 1 saturated heterocycles. The van der Waals surface area contributed by atoms with Crippen molar-refractivity contribution in [3.63, 3.8) is 0 Å². The number of ketones is 1. The molecule has 1 atom stereocenters. The van der Waals surface area contributed by atoms with Crippen LogP contribution >= 0.6 is 11.6 Å². The topological polar surface area (TPSA) is 66.5 Å². The number of benzene rings is 2. The molecule has 1 aliphatic heterocycles. The van der Waals surface area contributed by atoms with Crippen LogP contribution in [0.1, 0.15) is 57.0 Å². The van der Waals surface area contributed by atoms with Gasteiger partial charge in [-0.3, -0.25) is 14.4 Å². The standard InChI is InChI=1S/C26H28ClFN2O3/c1-16(2)30-23(32)19(14-17-6-12-21(28)13-7-17)15-26(30,24(33)29-25(3,4)5)22(31)18-8-10-20(27)11-9-18/h6-14,16H,15H2,1-5H3,(H,29,33)/b19-14+. The van der Waals surface area contributed by atoms with E-state index in [2.05, 4.69) is 5.32 Å². The van der Waals surface area contributed by atoms with E-state index in [1.807, 2.05) is 20.8 Å². The zero-order chi connectivity index (χ0) is 24.6. The fraction of sp³-hybridized carbons (Fsp3) is 0.346. The molecule has 1 fully saturated rings. The van der Waals surface area contributed by atoms with E-state index in [-0.39, 0.29) is 12.0 Å². The van der Waals surface area contributed by atoms with Gasteiger partial charge in [0.15, 0.2) is 11.3 Å². The van der Waals surface area contributed by atoms with Crippen LogP contribution in [0.5, 0.6) is 0 Å². The molecule has 2 amide bonds. The van der Waals surface area contributed by atoms with Crippen molar-refractivity contribution in [2.75, 3.05) is 0 Å². The Morgan fingerprint density at radius 1 is 1.09 bits per heavy atom. The number of carbonyl (C=O) groups is 3. The fourth-order valence-electron chi connectivity index (χ4n) is 4.08. The Morgan fingerprint density at radius 2 is 1.67 bits per heavy atom. The summed E-state index contributed by atoms with van der Waals surface area (Å²) in [6, 6.07) is 11.5. The summed E-state index contributed by atoms with van der Waals surface area (Å²) >= 11 is 6.00. The molecule has 33 heavy (non-hydrogen) atoms. The number of hydrogen-bond acceptors (Lipinski definition) is 3. The van der Waals surface area contributed by atoms with Crippen LogP contribution in [0.4, 0.5) is 4.39 Å². The van der Waals surface area contributed by atoms with Crippen LogP contribution < -0.4 is 5.32 Å². The third-order valence-corrected chi connectivity index (χ3v) is 5.68. The van der Waals surface area contributed by atoms with E-state index in [4.69, 9.17) is 11.6 Å². The summed E-state index contributed by atoms with van der Waals surface area (Å²) in [4.78, 5) is 42.6. The first-order chi connectivity index (χ1) is 15.3. The molecule has 0 aromatic heterocycles. The number of hydrogen-bond donors (Lipinski definition) is 1. The van der Waals surface area contributed by atoms with Gasteiger partial charge < -0.3 is 10.2 Å². The Morgan fingerprint density at radius 3 is 2.18 bits per heavy atom. The smallest absolute Gasteiger partial charge is 0.254 e. The Hall–Kier alpha value is -2.99. The highest BCUT2D eigenvalue weighted by Gasteiger charge is 2.59. The predicted octanol–water partition coefficient (Wildman–Crippen LogP) is 5.04. The van der Waals surface area contributed by atoms with Crippen LogP contribution in [-0.2, 0) is 9.59 Å². The van der Waals surface area contributed by atoms with E-state index in [0.29, 0.717) is 16.2 Å². The Bertz CT molecular complexity index is 1100. The monoisotopic (exact) mass is 470 g/mol. The van der Waals surface area contributed by atoms with Gasteiger partial charge in [0, 0.05) is 34.2 Å². The average molecular weight is 471 g/mol. The molecule has 1 unspecified atom stereocenters. The third-order valence-electron chi connectivity index (χ3n) is 5.42. The number of nitrogens with one attached hydrogen (secondary N) is 1. The highest BCUT2D eigenvalue weighted by Crippen LogP contribution is 2.40. The van der Waals surface area contributed by atoms with Gasteiger partial charge in [-0.1, -0.05) is 23.7 Å². The summed E-state index contributed by atoms with van der Waals surface area (Å²) in [6.45, 7) is 8.99. The first kappa shape index (κ1) is 24.6. The minimum absolute atomic E-state index is 0.106. The second kappa shape index (κ2) is 9.10. The molecule has 0 radical (unpaired) electrons. The van der Waals surface area contributed by atoms with Crippen molar-refractivity contribution in [3.8, 4) is 0 Å². The van der Waals surface area contributed by atoms with Gasteiger partial charge in [-0.25, -0.2) is 4.39 Å². The van der Waals surface area contributed by atoms with E-state index < -0.39 is 40.5 Å². The predicted molar refractivity (Wildman–Crippen MR) is 127 cm³/mol. The molecule has 0 saturated carbocycles. The number of amides is 2. The SMILES string of the molecule is CC(C)N1C(=O)/C(=C/c2ccc(F)cc2)CC1(C(=O)NC(C)(C)C)C(=O)c1ccc(Cl)cc1. The minimum Gasteiger partial charge on any atom is -0.349 e. The highest BCUT2D eigenvalue weighted by atomic mass is 35.5. The average Bonchev–Trinajstić information content (AvgIpc) is 3.02. The number of halogens is 2. The highest BCUT2D eigenvalue weighted by molar-refractivity contribution is 6.31. The molecular formula is C26H28ClFN2O3. The Kier molecular flexibility index (Phi) is 6.80. The lowest BCUT2D eigenvalue weighted by Gasteiger charge is -2.39. The number of Topliss-reactive ketones (excluding diaryl/α,β-unsaturated/α-hetero) is 1. The van der Waals surface area contributed by atoms with Crippen LogP contribution in [0.15, 0.2) is 54.1 Å². The maximum absolute atomic E-state index is 13.9.